The van der Waals surface area contributed by atoms with Crippen LogP contribution in [0.5, 0.6) is 11.5 Å². The molecule has 2 aromatic carbocycles. The van der Waals surface area contributed by atoms with Crippen molar-refractivity contribution in [3.8, 4) is 22.8 Å². The molecule has 0 spiro atoms. The molecule has 0 amide bonds. The van der Waals surface area contributed by atoms with Gasteiger partial charge in [-0.05, 0) is 49.9 Å². The molecule has 3 N–H and O–H groups in total. The number of rotatable bonds is 7. The smallest absolute Gasteiger partial charge is 0.164 e. The van der Waals surface area contributed by atoms with E-state index >= 15 is 4.39 Å². The number of aromatic nitrogens is 4. The number of benzene rings is 2. The number of piperazine rings is 1. The van der Waals surface area contributed by atoms with Crippen LogP contribution in [0.2, 0.25) is 0 Å². The maximum Gasteiger partial charge on any atom is 0.164 e. The summed E-state index contributed by atoms with van der Waals surface area (Å²) in [5.74, 6) is 0.896. The third-order valence-electron chi connectivity index (χ3n) is 8.04. The van der Waals surface area contributed by atoms with Crippen molar-refractivity contribution in [2.75, 3.05) is 45.1 Å². The lowest BCUT2D eigenvalue weighted by molar-refractivity contribution is 0.0629. The number of hydrogen-bond acceptors (Lipinski definition) is 8. The van der Waals surface area contributed by atoms with Crippen molar-refractivity contribution in [1.29, 1.82) is 0 Å². The van der Waals surface area contributed by atoms with E-state index in [1.165, 1.54) is 12.4 Å². The highest BCUT2D eigenvalue weighted by Gasteiger charge is 2.31. The van der Waals surface area contributed by atoms with Gasteiger partial charge in [0.25, 0.3) is 0 Å². The first-order chi connectivity index (χ1) is 19.1. The Morgan fingerprint density at radius 3 is 2.38 bits per heavy atom. The molecule has 2 fully saturated rings. The number of para-hydroxylation sites is 1. The lowest BCUT2D eigenvalue weighted by Crippen LogP contribution is -2.51. The monoisotopic (exact) mass is 531 g/mol. The van der Waals surface area contributed by atoms with Crippen molar-refractivity contribution in [3.05, 3.63) is 60.7 Å². The summed E-state index contributed by atoms with van der Waals surface area (Å²) >= 11 is 0. The van der Waals surface area contributed by atoms with Crippen LogP contribution in [0, 0.1) is 5.82 Å². The number of hydrogen-bond donors (Lipinski definition) is 2. The topological polar surface area (TPSA) is 106 Å². The molecule has 1 saturated heterocycles. The van der Waals surface area contributed by atoms with Gasteiger partial charge in [-0.1, -0.05) is 18.2 Å². The molecule has 6 rings (SSSR count). The maximum absolute atomic E-state index is 15.4. The molecule has 4 aromatic rings. The van der Waals surface area contributed by atoms with Gasteiger partial charge >= 0.3 is 0 Å². The highest BCUT2D eigenvalue weighted by Crippen LogP contribution is 2.38. The molecule has 0 radical (unpaired) electrons. The highest BCUT2D eigenvalue weighted by molar-refractivity contribution is 5.98. The molecule has 2 aromatic heterocycles. The van der Waals surface area contributed by atoms with Crippen LogP contribution in [-0.4, -0.2) is 80.0 Å². The van der Waals surface area contributed by atoms with Gasteiger partial charge in [-0.25, -0.2) is 19.0 Å². The van der Waals surface area contributed by atoms with E-state index in [-0.39, 0.29) is 12.6 Å². The quantitative estimate of drug-likeness (QED) is 0.367. The molecule has 0 bridgehead atoms. The summed E-state index contributed by atoms with van der Waals surface area (Å²) < 4.78 is 23.2. The second-order valence-corrected chi connectivity index (χ2v) is 10.4. The van der Waals surface area contributed by atoms with E-state index in [0.29, 0.717) is 45.6 Å². The van der Waals surface area contributed by atoms with Gasteiger partial charge in [0.15, 0.2) is 5.65 Å². The summed E-state index contributed by atoms with van der Waals surface area (Å²) in [5.41, 5.74) is 7.73. The molecule has 2 aliphatic rings. The lowest BCUT2D eigenvalue weighted by Gasteiger charge is -2.41. The summed E-state index contributed by atoms with van der Waals surface area (Å²) in [7, 11) is 0. The normalized spacial score (nSPS) is 20.9. The van der Waals surface area contributed by atoms with Gasteiger partial charge in [-0.2, -0.15) is 5.10 Å². The van der Waals surface area contributed by atoms with Gasteiger partial charge in [0, 0.05) is 50.4 Å². The van der Waals surface area contributed by atoms with E-state index in [2.05, 4.69) is 19.8 Å². The Balaban J connectivity index is 1.22. The molecule has 3 heterocycles. The molecule has 0 atom stereocenters. The van der Waals surface area contributed by atoms with Crippen LogP contribution in [-0.2, 0) is 0 Å². The molecule has 1 aliphatic heterocycles. The highest BCUT2D eigenvalue weighted by atomic mass is 19.1. The van der Waals surface area contributed by atoms with Crippen molar-refractivity contribution >= 4 is 16.9 Å². The van der Waals surface area contributed by atoms with E-state index in [9.17, 15) is 5.11 Å². The number of nitrogen functional groups attached to an aromatic ring is 1. The Kier molecular flexibility index (Phi) is 7.40. The Labute approximate surface area is 227 Å². The minimum absolute atomic E-state index is 0.159. The number of aliphatic hydroxyl groups is 1. The summed E-state index contributed by atoms with van der Waals surface area (Å²) in [4.78, 5) is 13.6. The Morgan fingerprint density at radius 2 is 1.67 bits per heavy atom. The third-order valence-corrected chi connectivity index (χ3v) is 8.04. The summed E-state index contributed by atoms with van der Waals surface area (Å²) in [6.45, 7) is 5.06. The zero-order valence-corrected chi connectivity index (χ0v) is 21.9. The molecule has 39 heavy (non-hydrogen) atoms. The summed E-state index contributed by atoms with van der Waals surface area (Å²) in [5, 5.41) is 14.7. The number of aliphatic hydroxyl groups excluding tert-OH is 1. The molecular formula is C29H34FN7O2. The fourth-order valence-electron chi connectivity index (χ4n) is 5.98. The van der Waals surface area contributed by atoms with Crippen LogP contribution < -0.4 is 10.5 Å². The van der Waals surface area contributed by atoms with Crippen LogP contribution in [0.4, 0.5) is 10.2 Å². The van der Waals surface area contributed by atoms with Crippen LogP contribution in [0.3, 0.4) is 0 Å². The van der Waals surface area contributed by atoms with E-state index in [1.807, 2.05) is 35.0 Å². The first-order valence-corrected chi connectivity index (χ1v) is 13.7. The van der Waals surface area contributed by atoms with Gasteiger partial charge in [0.2, 0.25) is 0 Å². The molecule has 9 nitrogen and oxygen atoms in total. The SMILES string of the molecule is Nc1ncnc2c1c(-c1ccc(Oc3ccccc3)cc1F)nn2[C@H]1CC[C@@H](N2CCN(CCO)CC2)CC1. The maximum atomic E-state index is 15.4. The molecule has 0 unspecified atom stereocenters. The average Bonchev–Trinajstić information content (AvgIpc) is 3.35. The number of nitrogens with zero attached hydrogens (tertiary/aromatic N) is 6. The molecule has 204 valence electrons. The average molecular weight is 532 g/mol. The second-order valence-electron chi connectivity index (χ2n) is 10.4. The Bertz CT molecular complexity index is 1410. The largest absolute Gasteiger partial charge is 0.457 e. The first-order valence-electron chi connectivity index (χ1n) is 13.7. The van der Waals surface area contributed by atoms with Gasteiger partial charge in [-0.15, -0.1) is 0 Å². The number of β-amino-alcohol motifs (C(OH)–C–C–N with tert-alkyl or cyclic N) is 1. The number of halogens is 1. The summed E-state index contributed by atoms with van der Waals surface area (Å²) in [6, 6.07) is 14.8. The first kappa shape index (κ1) is 25.7. The fourth-order valence-corrected chi connectivity index (χ4v) is 5.98. The van der Waals surface area contributed by atoms with Crippen LogP contribution in [0.15, 0.2) is 54.9 Å². The van der Waals surface area contributed by atoms with Crippen molar-refractivity contribution in [2.45, 2.75) is 37.8 Å². The van der Waals surface area contributed by atoms with E-state index in [4.69, 9.17) is 15.6 Å². The van der Waals surface area contributed by atoms with E-state index in [0.717, 1.165) is 58.4 Å². The van der Waals surface area contributed by atoms with Crippen LogP contribution >= 0.6 is 0 Å². The molecular weight excluding hydrogens is 497 g/mol. The Hall–Kier alpha value is -3.60. The van der Waals surface area contributed by atoms with Crippen molar-refractivity contribution in [3.63, 3.8) is 0 Å². The predicted octanol–water partition coefficient (Wildman–Crippen LogP) is 4.10. The van der Waals surface area contributed by atoms with Gasteiger partial charge in [-0.3, -0.25) is 9.80 Å². The zero-order valence-electron chi connectivity index (χ0n) is 21.9. The van der Waals surface area contributed by atoms with Gasteiger partial charge < -0.3 is 15.6 Å². The van der Waals surface area contributed by atoms with Crippen molar-refractivity contribution in [1.82, 2.24) is 29.5 Å². The minimum Gasteiger partial charge on any atom is -0.457 e. The number of fused-ring (bicyclic) bond motifs is 1. The predicted molar refractivity (Wildman–Crippen MR) is 148 cm³/mol. The van der Waals surface area contributed by atoms with Crippen LogP contribution in [0.25, 0.3) is 22.3 Å². The third kappa shape index (κ3) is 5.32. The van der Waals surface area contributed by atoms with Crippen molar-refractivity contribution in [2.24, 2.45) is 0 Å². The fraction of sp³-hybridized carbons (Fsp3) is 0.414. The van der Waals surface area contributed by atoms with E-state index in [1.54, 1.807) is 12.1 Å². The standard InChI is InChI=1S/C29H34FN7O2/c30-25-18-23(39-22-4-2-1-3-5-22)10-11-24(25)27-26-28(31)32-19-33-29(26)37(34-27)21-8-6-20(7-9-21)36-14-12-35(13-15-36)16-17-38/h1-5,10-11,18-21,38H,6-9,12-17H2,(H2,31,32,33)/t20-,21+. The van der Waals surface area contributed by atoms with E-state index < -0.39 is 5.82 Å². The number of anilines is 1. The summed E-state index contributed by atoms with van der Waals surface area (Å²) in [6.07, 6.45) is 5.52. The zero-order chi connectivity index (χ0) is 26.8. The Morgan fingerprint density at radius 1 is 0.923 bits per heavy atom. The minimum atomic E-state index is -0.442. The lowest BCUT2D eigenvalue weighted by atomic mass is 9.90. The van der Waals surface area contributed by atoms with Crippen molar-refractivity contribution < 1.29 is 14.2 Å². The number of ether oxygens (including phenoxy) is 1. The van der Waals surface area contributed by atoms with Gasteiger partial charge in [0.1, 0.15) is 35.2 Å². The molecule has 1 aliphatic carbocycles. The van der Waals surface area contributed by atoms with Gasteiger partial charge in [0.05, 0.1) is 18.0 Å². The van der Waals surface area contributed by atoms with Crippen LogP contribution in [0.1, 0.15) is 31.7 Å². The molecule has 1 saturated carbocycles. The molecule has 10 heteroatoms. The number of nitrogens with two attached hydrogens (primary N) is 1. The second kappa shape index (κ2) is 11.3.